The molecule has 0 radical (unpaired) electrons. The Hall–Kier alpha value is -1.06. The van der Waals surface area contributed by atoms with Crippen molar-refractivity contribution in [1.82, 2.24) is 10.2 Å². The zero-order valence-electron chi connectivity index (χ0n) is 11.4. The van der Waals surface area contributed by atoms with Gasteiger partial charge in [-0.05, 0) is 32.1 Å². The molecular formula is C14H24N2O2. The molecule has 1 N–H and O–H groups in total. The number of nitrogens with one attached hydrogen (secondary N) is 1. The Morgan fingerprint density at radius 2 is 2.06 bits per heavy atom. The van der Waals surface area contributed by atoms with Gasteiger partial charge in [-0.15, -0.1) is 0 Å². The predicted octanol–water partition coefficient (Wildman–Crippen LogP) is 1.69. The number of hydrogen-bond donors (Lipinski definition) is 1. The molecule has 1 aliphatic heterocycles. The molecule has 2 fully saturated rings. The van der Waals surface area contributed by atoms with E-state index in [1.807, 2.05) is 0 Å². The monoisotopic (exact) mass is 252 g/mol. The lowest BCUT2D eigenvalue weighted by molar-refractivity contribution is -0.147. The number of amides is 2. The minimum absolute atomic E-state index is 0.00819. The largest absolute Gasteiger partial charge is 0.342 e. The lowest BCUT2D eigenvalue weighted by atomic mass is 10.0. The zero-order chi connectivity index (χ0) is 13.1. The molecule has 2 amide bonds. The van der Waals surface area contributed by atoms with Gasteiger partial charge in [0.1, 0.15) is 6.04 Å². The fourth-order valence-corrected chi connectivity index (χ4v) is 2.66. The summed E-state index contributed by atoms with van der Waals surface area (Å²) in [6.45, 7) is 4.48. The summed E-state index contributed by atoms with van der Waals surface area (Å²) in [5.41, 5.74) is 0. The molecule has 18 heavy (non-hydrogen) atoms. The number of hydrogen-bond acceptors (Lipinski definition) is 2. The van der Waals surface area contributed by atoms with E-state index in [2.05, 4.69) is 19.2 Å². The Bertz CT molecular complexity index is 326. The molecule has 2 aliphatic rings. The maximum Gasteiger partial charge on any atom is 0.246 e. The van der Waals surface area contributed by atoms with Crippen LogP contribution in [0.4, 0.5) is 0 Å². The van der Waals surface area contributed by atoms with E-state index in [1.165, 1.54) is 12.8 Å². The molecule has 0 spiro atoms. The van der Waals surface area contributed by atoms with E-state index in [1.54, 1.807) is 4.90 Å². The molecule has 0 aromatic rings. The quantitative estimate of drug-likeness (QED) is 0.731. The second kappa shape index (κ2) is 5.72. The zero-order valence-corrected chi connectivity index (χ0v) is 11.4. The maximum absolute atomic E-state index is 12.3. The van der Waals surface area contributed by atoms with Crippen LogP contribution in [-0.2, 0) is 9.59 Å². The smallest absolute Gasteiger partial charge is 0.246 e. The highest BCUT2D eigenvalue weighted by Crippen LogP contribution is 2.34. The molecule has 0 aromatic carbocycles. The van der Waals surface area contributed by atoms with E-state index in [0.29, 0.717) is 5.92 Å². The van der Waals surface area contributed by atoms with Gasteiger partial charge in [0.2, 0.25) is 11.8 Å². The fraction of sp³-hybridized carbons (Fsp3) is 0.857. The molecule has 2 atom stereocenters. The van der Waals surface area contributed by atoms with Crippen LogP contribution in [0.15, 0.2) is 0 Å². The fourth-order valence-electron chi connectivity index (χ4n) is 2.66. The van der Waals surface area contributed by atoms with Crippen molar-refractivity contribution in [1.29, 1.82) is 0 Å². The van der Waals surface area contributed by atoms with Gasteiger partial charge in [-0.25, -0.2) is 0 Å². The van der Waals surface area contributed by atoms with Crippen molar-refractivity contribution in [3.8, 4) is 0 Å². The van der Waals surface area contributed by atoms with Gasteiger partial charge in [0.25, 0.3) is 0 Å². The molecule has 1 aliphatic carbocycles. The standard InChI is InChI=1S/C14H24N2O2/c1-3-4-5-6-10(2)16-9-12(17)15-13(14(16)18)11-7-8-11/h10-11,13H,3-9H2,1-2H3,(H,15,17). The van der Waals surface area contributed by atoms with E-state index in [0.717, 1.165) is 25.7 Å². The van der Waals surface area contributed by atoms with Gasteiger partial charge in [0.15, 0.2) is 0 Å². The van der Waals surface area contributed by atoms with Crippen LogP contribution in [0, 0.1) is 5.92 Å². The Kier molecular flexibility index (Phi) is 4.25. The topological polar surface area (TPSA) is 49.4 Å². The summed E-state index contributed by atoms with van der Waals surface area (Å²) >= 11 is 0. The third-order valence-corrected chi connectivity index (χ3v) is 4.03. The number of unbranched alkanes of at least 4 members (excludes halogenated alkanes) is 2. The number of rotatable bonds is 6. The summed E-state index contributed by atoms with van der Waals surface area (Å²) in [6, 6.07) is -0.0452. The predicted molar refractivity (Wildman–Crippen MR) is 70.0 cm³/mol. The van der Waals surface area contributed by atoms with Crippen LogP contribution in [0.2, 0.25) is 0 Å². The lowest BCUT2D eigenvalue weighted by Gasteiger charge is -2.36. The summed E-state index contributed by atoms with van der Waals surface area (Å²) < 4.78 is 0. The summed E-state index contributed by atoms with van der Waals surface area (Å²) in [6.07, 6.45) is 6.68. The first-order valence-corrected chi connectivity index (χ1v) is 7.23. The van der Waals surface area contributed by atoms with E-state index in [-0.39, 0.29) is 30.4 Å². The van der Waals surface area contributed by atoms with Gasteiger partial charge in [-0.1, -0.05) is 26.2 Å². The SMILES string of the molecule is CCCCCC(C)N1CC(=O)NC(C2CC2)C1=O. The summed E-state index contributed by atoms with van der Waals surface area (Å²) in [5, 5.41) is 2.85. The normalized spacial score (nSPS) is 26.1. The first-order chi connectivity index (χ1) is 8.63. The minimum Gasteiger partial charge on any atom is -0.342 e. The van der Waals surface area contributed by atoms with E-state index in [9.17, 15) is 9.59 Å². The molecule has 1 heterocycles. The van der Waals surface area contributed by atoms with Crippen LogP contribution in [0.25, 0.3) is 0 Å². The number of piperazine rings is 1. The Labute approximate surface area is 109 Å². The molecule has 0 bridgehead atoms. The van der Waals surface area contributed by atoms with Gasteiger partial charge in [0.05, 0.1) is 6.54 Å². The van der Waals surface area contributed by atoms with Crippen LogP contribution in [0.1, 0.15) is 52.4 Å². The Morgan fingerprint density at radius 3 is 2.67 bits per heavy atom. The molecule has 2 unspecified atom stereocenters. The average molecular weight is 252 g/mol. The van der Waals surface area contributed by atoms with Crippen molar-refractivity contribution in [2.45, 2.75) is 64.5 Å². The maximum atomic E-state index is 12.3. The number of carbonyl (C=O) groups excluding carboxylic acids is 2. The van der Waals surface area contributed by atoms with Crippen molar-refractivity contribution < 1.29 is 9.59 Å². The lowest BCUT2D eigenvalue weighted by Crippen LogP contribution is -2.60. The van der Waals surface area contributed by atoms with Crippen molar-refractivity contribution in [3.05, 3.63) is 0 Å². The first-order valence-electron chi connectivity index (χ1n) is 7.23. The van der Waals surface area contributed by atoms with Crippen LogP contribution in [0.3, 0.4) is 0 Å². The highest BCUT2D eigenvalue weighted by Gasteiger charge is 2.43. The van der Waals surface area contributed by atoms with Crippen LogP contribution in [0.5, 0.6) is 0 Å². The first kappa shape index (κ1) is 13.4. The summed E-state index contributed by atoms with van der Waals surface area (Å²) in [7, 11) is 0. The van der Waals surface area contributed by atoms with Crippen molar-refractivity contribution in [2.24, 2.45) is 5.92 Å². The molecule has 4 nitrogen and oxygen atoms in total. The molecule has 2 rings (SSSR count). The second-order valence-electron chi connectivity index (χ2n) is 5.69. The molecular weight excluding hydrogens is 228 g/mol. The molecule has 0 aromatic heterocycles. The summed E-state index contributed by atoms with van der Waals surface area (Å²) in [4.78, 5) is 25.8. The van der Waals surface area contributed by atoms with E-state index >= 15 is 0 Å². The van der Waals surface area contributed by atoms with E-state index in [4.69, 9.17) is 0 Å². The third kappa shape index (κ3) is 3.03. The number of carbonyl (C=O) groups is 2. The molecule has 1 saturated carbocycles. The van der Waals surface area contributed by atoms with Gasteiger partial charge >= 0.3 is 0 Å². The van der Waals surface area contributed by atoms with E-state index < -0.39 is 0 Å². The van der Waals surface area contributed by atoms with Crippen molar-refractivity contribution in [2.75, 3.05) is 6.54 Å². The summed E-state index contributed by atoms with van der Waals surface area (Å²) in [5.74, 6) is 0.544. The Morgan fingerprint density at radius 1 is 1.33 bits per heavy atom. The van der Waals surface area contributed by atoms with Crippen molar-refractivity contribution in [3.63, 3.8) is 0 Å². The second-order valence-corrected chi connectivity index (χ2v) is 5.69. The third-order valence-electron chi connectivity index (χ3n) is 4.03. The van der Waals surface area contributed by atoms with Crippen LogP contribution < -0.4 is 5.32 Å². The van der Waals surface area contributed by atoms with Gasteiger partial charge in [-0.2, -0.15) is 0 Å². The van der Waals surface area contributed by atoms with Crippen molar-refractivity contribution >= 4 is 11.8 Å². The molecule has 4 heteroatoms. The highest BCUT2D eigenvalue weighted by molar-refractivity contribution is 5.95. The minimum atomic E-state index is -0.236. The van der Waals surface area contributed by atoms with Crippen LogP contribution >= 0.6 is 0 Å². The molecule has 102 valence electrons. The van der Waals surface area contributed by atoms with Gasteiger partial charge in [0, 0.05) is 6.04 Å². The van der Waals surface area contributed by atoms with Gasteiger partial charge < -0.3 is 10.2 Å². The Balaban J connectivity index is 1.92. The van der Waals surface area contributed by atoms with Crippen LogP contribution in [-0.4, -0.2) is 35.3 Å². The average Bonchev–Trinajstić information content (AvgIpc) is 3.16. The van der Waals surface area contributed by atoms with Gasteiger partial charge in [-0.3, -0.25) is 9.59 Å². The highest BCUT2D eigenvalue weighted by atomic mass is 16.2. The molecule has 1 saturated heterocycles. The number of nitrogens with zero attached hydrogens (tertiary/aromatic N) is 1.